The molecule has 0 aliphatic rings. The molecule has 0 amide bonds. The lowest BCUT2D eigenvalue weighted by Crippen LogP contribution is -2.14. The first-order valence-electron chi connectivity index (χ1n) is 7.45. The van der Waals surface area contributed by atoms with E-state index in [1.807, 2.05) is 0 Å². The largest absolute Gasteiger partial charge is 0.497 e. The first-order chi connectivity index (χ1) is 12.4. The van der Waals surface area contributed by atoms with Crippen LogP contribution in [0.4, 0.5) is 5.69 Å². The third-order valence-electron chi connectivity index (χ3n) is 3.48. The van der Waals surface area contributed by atoms with Gasteiger partial charge in [0.25, 0.3) is 10.0 Å². The molecule has 0 spiro atoms. The standard InChI is InChI=1S/C18H18N2O5S/c1-23-14-9-7-13(8-10-14)20-26(21,22)15(12-19)11-16-17(24-2)5-4-6-18(16)25-3/h4-11,20H,1-3H3/b15-11-. The van der Waals surface area contributed by atoms with Crippen LogP contribution in [-0.2, 0) is 10.0 Å². The molecule has 8 heteroatoms. The maximum absolute atomic E-state index is 12.6. The summed E-state index contributed by atoms with van der Waals surface area (Å²) >= 11 is 0. The Morgan fingerprint density at radius 1 is 1.00 bits per heavy atom. The van der Waals surface area contributed by atoms with E-state index < -0.39 is 14.9 Å². The predicted molar refractivity (Wildman–Crippen MR) is 98.7 cm³/mol. The van der Waals surface area contributed by atoms with Gasteiger partial charge >= 0.3 is 0 Å². The second-order valence-electron chi connectivity index (χ2n) is 5.03. The number of hydrogen-bond donors (Lipinski definition) is 1. The minimum absolute atomic E-state index is 0.305. The van der Waals surface area contributed by atoms with Crippen LogP contribution in [0.2, 0.25) is 0 Å². The molecule has 2 rings (SSSR count). The molecule has 0 bridgehead atoms. The Labute approximate surface area is 152 Å². The van der Waals surface area contributed by atoms with E-state index in [-0.39, 0.29) is 0 Å². The molecule has 0 saturated heterocycles. The van der Waals surface area contributed by atoms with Gasteiger partial charge in [0.2, 0.25) is 0 Å². The van der Waals surface area contributed by atoms with Crippen molar-refractivity contribution in [3.63, 3.8) is 0 Å². The molecular formula is C18H18N2O5S. The van der Waals surface area contributed by atoms with Gasteiger partial charge in [-0.25, -0.2) is 8.42 Å². The normalized spacial score (nSPS) is 11.4. The van der Waals surface area contributed by atoms with Crippen LogP contribution in [0.3, 0.4) is 0 Å². The van der Waals surface area contributed by atoms with Crippen molar-refractivity contribution in [2.24, 2.45) is 0 Å². The molecule has 0 aliphatic carbocycles. The molecule has 0 heterocycles. The molecule has 0 radical (unpaired) electrons. The number of allylic oxidation sites excluding steroid dienone is 1. The molecule has 1 N–H and O–H groups in total. The Kier molecular flexibility index (Phi) is 6.09. The van der Waals surface area contributed by atoms with Crippen molar-refractivity contribution < 1.29 is 22.6 Å². The predicted octanol–water partition coefficient (Wildman–Crippen LogP) is 3.02. The number of benzene rings is 2. The molecule has 0 fully saturated rings. The van der Waals surface area contributed by atoms with Crippen molar-refractivity contribution in [3.8, 4) is 23.3 Å². The highest BCUT2D eigenvalue weighted by Gasteiger charge is 2.20. The minimum atomic E-state index is -4.10. The maximum atomic E-state index is 12.6. The monoisotopic (exact) mass is 374 g/mol. The van der Waals surface area contributed by atoms with E-state index in [2.05, 4.69) is 4.72 Å². The van der Waals surface area contributed by atoms with Crippen molar-refractivity contribution >= 4 is 21.8 Å². The van der Waals surface area contributed by atoms with Crippen LogP contribution < -0.4 is 18.9 Å². The zero-order valence-electron chi connectivity index (χ0n) is 14.5. The van der Waals surface area contributed by atoms with Gasteiger partial charge in [-0.2, -0.15) is 5.26 Å². The molecule has 0 saturated carbocycles. The summed E-state index contributed by atoms with van der Waals surface area (Å²) in [5, 5.41) is 9.37. The van der Waals surface area contributed by atoms with Crippen molar-refractivity contribution in [3.05, 3.63) is 52.9 Å². The fourth-order valence-corrected chi connectivity index (χ4v) is 3.14. The summed E-state index contributed by atoms with van der Waals surface area (Å²) < 4.78 is 43.0. The second-order valence-corrected chi connectivity index (χ2v) is 6.68. The number of rotatable bonds is 7. The van der Waals surface area contributed by atoms with E-state index in [4.69, 9.17) is 14.2 Å². The van der Waals surface area contributed by atoms with Gasteiger partial charge in [0.05, 0.1) is 26.9 Å². The van der Waals surface area contributed by atoms with E-state index >= 15 is 0 Å². The average molecular weight is 374 g/mol. The van der Waals surface area contributed by atoms with E-state index in [0.29, 0.717) is 28.5 Å². The molecule has 0 unspecified atom stereocenters. The van der Waals surface area contributed by atoms with Crippen LogP contribution in [-0.4, -0.2) is 29.7 Å². The highest BCUT2D eigenvalue weighted by molar-refractivity contribution is 7.96. The Bertz CT molecular complexity index is 922. The molecule has 2 aromatic rings. The van der Waals surface area contributed by atoms with Gasteiger partial charge in [0.1, 0.15) is 23.3 Å². The summed E-state index contributed by atoms with van der Waals surface area (Å²) in [5.41, 5.74) is 0.660. The van der Waals surface area contributed by atoms with E-state index in [0.717, 1.165) is 0 Å². The number of nitrogens with one attached hydrogen (secondary N) is 1. The molecule has 0 atom stereocenters. The quantitative estimate of drug-likeness (QED) is 0.748. The SMILES string of the molecule is COc1ccc(NS(=O)(=O)/C(C#N)=C\c2c(OC)cccc2OC)cc1. The third-order valence-corrected chi connectivity index (χ3v) is 4.78. The van der Waals surface area contributed by atoms with Crippen molar-refractivity contribution in [2.75, 3.05) is 26.1 Å². The zero-order valence-corrected chi connectivity index (χ0v) is 15.3. The first kappa shape index (κ1) is 19.1. The molecule has 0 aliphatic heterocycles. The van der Waals surface area contributed by atoms with Gasteiger partial charge < -0.3 is 14.2 Å². The fraction of sp³-hybridized carbons (Fsp3) is 0.167. The Hall–Kier alpha value is -3.18. The van der Waals surface area contributed by atoms with Crippen LogP contribution in [0.15, 0.2) is 47.4 Å². The maximum Gasteiger partial charge on any atom is 0.272 e. The topological polar surface area (TPSA) is 97.7 Å². The lowest BCUT2D eigenvalue weighted by Gasteiger charge is -2.11. The summed E-state index contributed by atoms with van der Waals surface area (Å²) in [6.45, 7) is 0. The number of hydrogen-bond acceptors (Lipinski definition) is 6. The van der Waals surface area contributed by atoms with Crippen molar-refractivity contribution in [1.82, 2.24) is 0 Å². The van der Waals surface area contributed by atoms with Gasteiger partial charge in [-0.05, 0) is 42.5 Å². The number of ether oxygens (including phenoxy) is 3. The summed E-state index contributed by atoms with van der Waals surface area (Å²) in [7, 11) is 0.308. The highest BCUT2D eigenvalue weighted by atomic mass is 32.2. The average Bonchev–Trinajstić information content (AvgIpc) is 2.65. The summed E-state index contributed by atoms with van der Waals surface area (Å²) in [5.74, 6) is 1.36. The van der Waals surface area contributed by atoms with Crippen LogP contribution in [0, 0.1) is 11.3 Å². The van der Waals surface area contributed by atoms with Crippen molar-refractivity contribution in [2.45, 2.75) is 0 Å². The van der Waals surface area contributed by atoms with Crippen LogP contribution in [0.25, 0.3) is 6.08 Å². The van der Waals surface area contributed by atoms with E-state index in [1.54, 1.807) is 36.4 Å². The molecule has 2 aromatic carbocycles. The summed E-state index contributed by atoms with van der Waals surface area (Å²) in [6.07, 6.45) is 1.21. The van der Waals surface area contributed by atoms with Gasteiger partial charge in [-0.3, -0.25) is 4.72 Å². The van der Waals surface area contributed by atoms with Gasteiger partial charge in [-0.15, -0.1) is 0 Å². The Morgan fingerprint density at radius 2 is 1.58 bits per heavy atom. The van der Waals surface area contributed by atoms with Crippen LogP contribution in [0.1, 0.15) is 5.56 Å². The number of anilines is 1. The molecule has 7 nitrogen and oxygen atoms in total. The van der Waals surface area contributed by atoms with E-state index in [9.17, 15) is 13.7 Å². The smallest absolute Gasteiger partial charge is 0.272 e. The van der Waals surface area contributed by atoms with Crippen LogP contribution >= 0.6 is 0 Å². The first-order valence-corrected chi connectivity index (χ1v) is 8.93. The molecule has 136 valence electrons. The van der Waals surface area contributed by atoms with Gasteiger partial charge in [0, 0.05) is 5.69 Å². The lowest BCUT2D eigenvalue weighted by atomic mass is 10.1. The van der Waals surface area contributed by atoms with Gasteiger partial charge in [-0.1, -0.05) is 6.07 Å². The molecule has 26 heavy (non-hydrogen) atoms. The van der Waals surface area contributed by atoms with E-state index in [1.165, 1.54) is 39.5 Å². The van der Waals surface area contributed by atoms with Crippen LogP contribution in [0.5, 0.6) is 17.2 Å². The lowest BCUT2D eigenvalue weighted by molar-refractivity contribution is 0.392. The second kappa shape index (κ2) is 8.27. The summed E-state index contributed by atoms with van der Waals surface area (Å²) in [4.78, 5) is -0.476. The highest BCUT2D eigenvalue weighted by Crippen LogP contribution is 2.31. The zero-order chi connectivity index (χ0) is 19.2. The number of nitriles is 1. The van der Waals surface area contributed by atoms with Crippen molar-refractivity contribution in [1.29, 1.82) is 5.26 Å². The Morgan fingerprint density at radius 3 is 2.04 bits per heavy atom. The number of sulfonamides is 1. The fourth-order valence-electron chi connectivity index (χ4n) is 2.19. The number of methoxy groups -OCH3 is 3. The van der Waals surface area contributed by atoms with Gasteiger partial charge in [0.15, 0.2) is 4.91 Å². The summed E-state index contributed by atoms with van der Waals surface area (Å²) in [6, 6.07) is 13.0. The molecule has 0 aromatic heterocycles. The molecular weight excluding hydrogens is 356 g/mol. The third kappa shape index (κ3) is 4.26. The number of nitrogens with zero attached hydrogens (tertiary/aromatic N) is 1. The minimum Gasteiger partial charge on any atom is -0.497 e. The Balaban J connectivity index is 2.43.